The van der Waals surface area contributed by atoms with Crippen LogP contribution in [-0.4, -0.2) is 62.3 Å². The molecule has 5 aliphatic rings. The van der Waals surface area contributed by atoms with Crippen molar-refractivity contribution in [3.05, 3.63) is 11.6 Å². The molecule has 1 N–H and O–H groups in total. The maximum Gasteiger partial charge on any atom is 0.315 e. The molecule has 0 aromatic carbocycles. The summed E-state index contributed by atoms with van der Waals surface area (Å²) in [5.41, 5.74) is -1.90. The van der Waals surface area contributed by atoms with E-state index in [0.717, 1.165) is 31.1 Å². The molecule has 0 aromatic heterocycles. The third-order valence-electron chi connectivity index (χ3n) is 11.0. The van der Waals surface area contributed by atoms with E-state index in [1.54, 1.807) is 14.0 Å². The van der Waals surface area contributed by atoms with Crippen molar-refractivity contribution >= 4 is 12.3 Å². The summed E-state index contributed by atoms with van der Waals surface area (Å²) >= 11 is 0. The number of aliphatic carboxylic acids is 1. The van der Waals surface area contributed by atoms with Crippen LogP contribution in [0.1, 0.15) is 74.5 Å². The Morgan fingerprint density at radius 1 is 1.30 bits per heavy atom. The molecule has 4 aliphatic carbocycles. The Hall–Kier alpha value is -1.28. The fraction of sp³-hybridized carbons (Fsp3) is 0.867. The first kappa shape index (κ1) is 26.0. The lowest BCUT2D eigenvalue weighted by molar-refractivity contribution is -0.272. The van der Waals surface area contributed by atoms with Gasteiger partial charge in [0, 0.05) is 26.9 Å². The van der Waals surface area contributed by atoms with Crippen molar-refractivity contribution in [1.82, 2.24) is 0 Å². The van der Waals surface area contributed by atoms with E-state index in [9.17, 15) is 14.7 Å². The highest BCUT2D eigenvalue weighted by molar-refractivity contribution is 5.90. The van der Waals surface area contributed by atoms with Crippen LogP contribution in [0, 0.1) is 45.8 Å². The number of hydrogen-bond donors (Lipinski definition) is 1. The van der Waals surface area contributed by atoms with Crippen molar-refractivity contribution in [2.45, 2.75) is 97.7 Å². The second kappa shape index (κ2) is 9.72. The van der Waals surface area contributed by atoms with Crippen LogP contribution in [0.3, 0.4) is 0 Å². The largest absolute Gasteiger partial charge is 0.481 e. The van der Waals surface area contributed by atoms with Gasteiger partial charge in [-0.3, -0.25) is 4.79 Å². The second-order valence-electron chi connectivity index (χ2n) is 12.8. The van der Waals surface area contributed by atoms with Crippen LogP contribution >= 0.6 is 0 Å². The van der Waals surface area contributed by atoms with Gasteiger partial charge < -0.3 is 28.8 Å². The van der Waals surface area contributed by atoms with Gasteiger partial charge in [-0.15, -0.1) is 0 Å². The van der Waals surface area contributed by atoms with Crippen molar-refractivity contribution < 1.29 is 35.0 Å². The zero-order valence-electron chi connectivity index (χ0n) is 24.3. The lowest BCUT2D eigenvalue weighted by Crippen LogP contribution is -2.63. The summed E-state index contributed by atoms with van der Waals surface area (Å²) in [6.07, 6.45) is 5.29. The van der Waals surface area contributed by atoms with Gasteiger partial charge in [-0.25, -0.2) is 0 Å². The molecule has 0 aromatic rings. The first-order valence-corrected chi connectivity index (χ1v) is 14.2. The monoisotopic (exact) mass is 519 g/mol. The van der Waals surface area contributed by atoms with E-state index in [1.807, 2.05) is 6.92 Å². The molecule has 5 rings (SSSR count). The molecule has 0 amide bonds. The van der Waals surface area contributed by atoms with E-state index in [4.69, 9.17) is 20.3 Å². The number of carbonyl (C=O) groups excluding carboxylic acids is 1. The Morgan fingerprint density at radius 2 is 2.05 bits per heavy atom. The normalized spacial score (nSPS) is 49.5. The van der Waals surface area contributed by atoms with Crippen LogP contribution in [0.15, 0.2) is 11.6 Å². The quantitative estimate of drug-likeness (QED) is 0.325. The molecule has 7 heteroatoms. The summed E-state index contributed by atoms with van der Waals surface area (Å²) < 4.78 is 32.3. The van der Waals surface area contributed by atoms with Crippen LogP contribution in [0.4, 0.5) is 0 Å². The SMILES string of the molecule is [2H]C(C)CO[C@H]1[C@@H](OC)CC(OCC23CC4C(C)CCC4C4(C=O)CC2C=C(C(C)C)C43C(=O)O)O[C@@H]1C. The number of ether oxygens (including phenoxy) is 4. The maximum atomic E-state index is 13.6. The van der Waals surface area contributed by atoms with Gasteiger partial charge in [0.05, 0.1) is 24.2 Å². The Kier molecular flexibility index (Phi) is 6.82. The molecule has 1 saturated heterocycles. The molecule has 7 nitrogen and oxygen atoms in total. The highest BCUT2D eigenvalue weighted by atomic mass is 16.7. The van der Waals surface area contributed by atoms with Gasteiger partial charge in [-0.05, 0) is 62.2 Å². The van der Waals surface area contributed by atoms with Crippen LogP contribution in [-0.2, 0) is 28.5 Å². The van der Waals surface area contributed by atoms with Crippen molar-refractivity contribution in [3.63, 3.8) is 0 Å². The van der Waals surface area contributed by atoms with Gasteiger partial charge in [0.2, 0.25) is 0 Å². The van der Waals surface area contributed by atoms with E-state index >= 15 is 0 Å². The summed E-state index contributed by atoms with van der Waals surface area (Å²) in [7, 11) is 1.65. The summed E-state index contributed by atoms with van der Waals surface area (Å²) in [5, 5.41) is 11.1. The fourth-order valence-electron chi connectivity index (χ4n) is 9.66. The molecule has 1 aliphatic heterocycles. The van der Waals surface area contributed by atoms with Crippen LogP contribution in [0.2, 0.25) is 0 Å². The van der Waals surface area contributed by atoms with Crippen LogP contribution < -0.4 is 0 Å². The van der Waals surface area contributed by atoms with Crippen LogP contribution in [0.25, 0.3) is 0 Å². The van der Waals surface area contributed by atoms with E-state index in [1.165, 1.54) is 0 Å². The average Bonchev–Trinajstić information content (AvgIpc) is 3.43. The zero-order chi connectivity index (χ0) is 27.6. The van der Waals surface area contributed by atoms with E-state index in [-0.39, 0.29) is 49.1 Å². The number of carboxylic acid groups (broad SMARTS) is 1. The number of rotatable bonds is 10. The van der Waals surface area contributed by atoms with Crippen LogP contribution in [0.5, 0.6) is 0 Å². The van der Waals surface area contributed by atoms with Crippen molar-refractivity contribution in [2.75, 3.05) is 20.3 Å². The molecule has 4 fully saturated rings. The maximum absolute atomic E-state index is 13.6. The smallest absolute Gasteiger partial charge is 0.315 e. The standard InChI is InChI=1S/C30H46O7/c1-7-10-35-26-19(5)37-25(12-24(26)34-6)36-16-29-14-21-18(4)8-9-22(21)28(15-31)13-20(29)11-23(17(2)3)30(28,29)27(32)33/h11,15,17-22,24-26H,7-10,12-14,16H2,1-6H3,(H,32,33)/t18?,19-,20?,21?,22?,24+,25?,26-,28?,29?,30?/m1/s1/i7D/t7?,18?,19-,20?,21?,22?,24+,25?,26-,28?,29?,30?. The average molecular weight is 520 g/mol. The minimum atomic E-state index is -1.25. The highest BCUT2D eigenvalue weighted by Gasteiger charge is 2.84. The van der Waals surface area contributed by atoms with Crippen molar-refractivity contribution in [1.29, 1.82) is 0 Å². The molecule has 9 unspecified atom stereocenters. The summed E-state index contributed by atoms with van der Waals surface area (Å²) in [4.78, 5) is 26.8. The predicted octanol–water partition coefficient (Wildman–Crippen LogP) is 4.87. The van der Waals surface area contributed by atoms with E-state index in [2.05, 4.69) is 26.8 Å². The molecular formula is C30H46O7. The minimum absolute atomic E-state index is 0.00661. The first-order chi connectivity index (χ1) is 18.0. The molecule has 37 heavy (non-hydrogen) atoms. The number of carboxylic acids is 1. The third-order valence-corrected chi connectivity index (χ3v) is 11.0. The number of methoxy groups -OCH3 is 1. The number of fused-ring (bicyclic) bond motifs is 2. The minimum Gasteiger partial charge on any atom is -0.481 e. The van der Waals surface area contributed by atoms with E-state index in [0.29, 0.717) is 31.3 Å². The number of aldehydes is 1. The lowest BCUT2D eigenvalue weighted by atomic mass is 9.43. The topological polar surface area (TPSA) is 91.3 Å². The summed E-state index contributed by atoms with van der Waals surface area (Å²) in [6, 6.07) is 0. The number of carbonyl (C=O) groups is 2. The summed E-state index contributed by atoms with van der Waals surface area (Å²) in [6.45, 7) is 10.6. The van der Waals surface area contributed by atoms with Crippen molar-refractivity contribution in [2.24, 2.45) is 45.8 Å². The molecular weight excluding hydrogens is 472 g/mol. The van der Waals surface area contributed by atoms with Gasteiger partial charge in [0.15, 0.2) is 6.29 Å². The predicted molar refractivity (Wildman–Crippen MR) is 138 cm³/mol. The van der Waals surface area contributed by atoms with Gasteiger partial charge in [-0.2, -0.15) is 0 Å². The molecule has 3 saturated carbocycles. The second-order valence-corrected chi connectivity index (χ2v) is 12.8. The molecule has 208 valence electrons. The van der Waals surface area contributed by atoms with Crippen molar-refractivity contribution in [3.8, 4) is 0 Å². The molecule has 0 spiro atoms. The molecule has 1 heterocycles. The first-order valence-electron chi connectivity index (χ1n) is 14.8. The molecule has 4 bridgehead atoms. The number of allylic oxidation sites excluding steroid dienone is 1. The summed E-state index contributed by atoms with van der Waals surface area (Å²) in [5.74, 6) is 0.0545. The zero-order valence-corrected chi connectivity index (χ0v) is 23.3. The fourth-order valence-corrected chi connectivity index (χ4v) is 9.66. The van der Waals surface area contributed by atoms with E-state index < -0.39 is 28.5 Å². The van der Waals surface area contributed by atoms with Gasteiger partial charge in [0.25, 0.3) is 0 Å². The van der Waals surface area contributed by atoms with Gasteiger partial charge in [0.1, 0.15) is 17.8 Å². The Bertz CT molecular complexity index is 966. The molecule has 12 atom stereocenters. The van der Waals surface area contributed by atoms with Gasteiger partial charge in [-0.1, -0.05) is 45.8 Å². The Balaban J connectivity index is 1.47. The Labute approximate surface area is 223 Å². The van der Waals surface area contributed by atoms with Gasteiger partial charge >= 0.3 is 5.97 Å². The lowest BCUT2D eigenvalue weighted by Gasteiger charge is -2.58. The molecule has 0 radical (unpaired) electrons. The Morgan fingerprint density at radius 3 is 2.68 bits per heavy atom. The number of hydrogen-bond acceptors (Lipinski definition) is 6. The third kappa shape index (κ3) is 3.52. The highest BCUT2D eigenvalue weighted by Crippen LogP contribution is 2.82.